The van der Waals surface area contributed by atoms with Crippen LogP contribution in [-0.4, -0.2) is 37.7 Å². The van der Waals surface area contributed by atoms with Gasteiger partial charge in [-0.3, -0.25) is 0 Å². The smallest absolute Gasteiger partial charge is 0.872 e. The minimum Gasteiger partial charge on any atom is -0.872 e. The predicted molar refractivity (Wildman–Crippen MR) is 187 cm³/mol. The Labute approximate surface area is 295 Å². The van der Waals surface area contributed by atoms with Crippen molar-refractivity contribution < 1.29 is 10.2 Å². The van der Waals surface area contributed by atoms with E-state index in [4.69, 9.17) is 0 Å². The van der Waals surface area contributed by atoms with Crippen LogP contribution >= 0.6 is 0 Å². The fourth-order valence-electron chi connectivity index (χ4n) is 5.33. The van der Waals surface area contributed by atoms with E-state index < -0.39 is 0 Å². The Bertz CT molecular complexity index is 1920. The summed E-state index contributed by atoms with van der Waals surface area (Å²) < 4.78 is 0. The van der Waals surface area contributed by atoms with Crippen molar-refractivity contribution in [3.63, 3.8) is 0 Å². The van der Waals surface area contributed by atoms with Crippen LogP contribution in [0.1, 0.15) is 38.9 Å². The second-order valence-corrected chi connectivity index (χ2v) is 11.0. The molecule has 0 aromatic heterocycles. The zero-order valence-electron chi connectivity index (χ0n) is 25.3. The molecule has 6 aromatic rings. The van der Waals surface area contributed by atoms with Gasteiger partial charge in [-0.2, -0.15) is 0 Å². The van der Waals surface area contributed by atoms with Gasteiger partial charge in [-0.15, -0.1) is 11.5 Å². The van der Waals surface area contributed by atoms with E-state index in [1.165, 1.54) is 0 Å². The van der Waals surface area contributed by atoms with Gasteiger partial charge in [-0.25, -0.2) is 0 Å². The molecule has 2 nitrogen and oxygen atoms in total. The number of hydrogen-bond acceptors (Lipinski definition) is 2. The summed E-state index contributed by atoms with van der Waals surface area (Å²) in [5, 5.41) is 26.1. The van der Waals surface area contributed by atoms with Crippen LogP contribution in [-0.2, 0) is 6.42 Å². The summed E-state index contributed by atoms with van der Waals surface area (Å²) in [6.07, 6.45) is 8.65. The molecule has 0 aliphatic heterocycles. The van der Waals surface area contributed by atoms with E-state index in [-0.39, 0.29) is 55.7 Å². The van der Waals surface area contributed by atoms with Crippen molar-refractivity contribution >= 4 is 62.0 Å². The van der Waals surface area contributed by atoms with E-state index >= 15 is 0 Å². The molecule has 0 heterocycles. The molecule has 0 amide bonds. The normalized spacial score (nSPS) is 11.1. The largest absolute Gasteiger partial charge is 2.00 e. The van der Waals surface area contributed by atoms with Gasteiger partial charge in [-0.1, -0.05) is 181 Å². The summed E-state index contributed by atoms with van der Waals surface area (Å²) in [5.74, 6) is -0.0799. The summed E-state index contributed by atoms with van der Waals surface area (Å²) in [4.78, 5) is 0. The van der Waals surface area contributed by atoms with E-state index in [9.17, 15) is 10.2 Å². The van der Waals surface area contributed by atoms with E-state index in [0.717, 1.165) is 44.5 Å². The minimum atomic E-state index is -0.0619. The fourth-order valence-corrected chi connectivity index (χ4v) is 5.33. The maximum atomic E-state index is 13.2. The molecule has 0 aliphatic rings. The van der Waals surface area contributed by atoms with Gasteiger partial charge in [-0.05, 0) is 57.9 Å². The molecule has 0 saturated heterocycles. The minimum absolute atomic E-state index is 0. The zero-order valence-corrected chi connectivity index (χ0v) is 27.5. The third-order valence-electron chi connectivity index (χ3n) is 7.82. The van der Waals surface area contributed by atoms with Crippen LogP contribution < -0.4 is 10.2 Å². The number of aryl methyl sites for hydroxylation is 1. The van der Waals surface area contributed by atoms with Crippen molar-refractivity contribution in [2.75, 3.05) is 0 Å². The molecule has 0 fully saturated rings. The van der Waals surface area contributed by atoms with Gasteiger partial charge in [0.15, 0.2) is 0 Å². The predicted octanol–water partition coefficient (Wildman–Crippen LogP) is 9.03. The SMILES string of the molecule is Cc1cc(-c2ccc(/C=C/c3ccccc3)cc2)cc(Cc2cc(-c3ccc(/C=C/c4ccccc4)cc3)ccc2[O-])c1[O-].[Ca+2]. The van der Waals surface area contributed by atoms with Crippen LogP contribution in [0.4, 0.5) is 0 Å². The van der Waals surface area contributed by atoms with Crippen molar-refractivity contribution in [1.29, 1.82) is 0 Å². The Kier molecular flexibility index (Phi) is 10.8. The first-order chi connectivity index (χ1) is 21.5. The van der Waals surface area contributed by atoms with Crippen molar-refractivity contribution in [2.45, 2.75) is 13.3 Å². The van der Waals surface area contributed by atoms with Crippen molar-refractivity contribution in [3.8, 4) is 33.8 Å². The second kappa shape index (κ2) is 15.1. The topological polar surface area (TPSA) is 46.1 Å². The first-order valence-electron chi connectivity index (χ1n) is 14.8. The molecule has 0 N–H and O–H groups in total. The number of benzene rings is 6. The van der Waals surface area contributed by atoms with E-state index in [1.807, 2.05) is 67.6 Å². The molecule has 6 aromatic carbocycles. The average Bonchev–Trinajstić information content (AvgIpc) is 3.07. The van der Waals surface area contributed by atoms with Crippen LogP contribution in [0, 0.1) is 6.92 Å². The summed E-state index contributed by atoms with van der Waals surface area (Å²) in [6, 6.07) is 46.3. The standard InChI is InChI=1S/C42H34O2.Ca/c1-30-26-38(36-22-18-34(19-23-36)15-13-32-10-6-3-7-11-32)28-40(42(30)44)29-39-27-37(24-25-41(39)43)35-20-16-33(17-21-35)14-12-31-8-4-2-5-9-31;/h2-28,43-44H,29H2,1H3;/q;+2/p-2/b14-12+,15-13+;. The molecule has 0 spiro atoms. The first kappa shape index (κ1) is 32.1. The Balaban J connectivity index is 0.00000400. The van der Waals surface area contributed by atoms with Crippen molar-refractivity contribution in [2.24, 2.45) is 0 Å². The number of hydrogen-bond donors (Lipinski definition) is 0. The van der Waals surface area contributed by atoms with E-state index in [1.54, 1.807) is 6.07 Å². The molecule has 0 bridgehead atoms. The van der Waals surface area contributed by atoms with Gasteiger partial charge < -0.3 is 10.2 Å². The third-order valence-corrected chi connectivity index (χ3v) is 7.82. The van der Waals surface area contributed by atoms with Gasteiger partial charge in [0.05, 0.1) is 0 Å². The summed E-state index contributed by atoms with van der Waals surface area (Å²) in [6.45, 7) is 1.84. The molecule has 0 radical (unpaired) electrons. The van der Waals surface area contributed by atoms with Gasteiger partial charge >= 0.3 is 37.7 Å². The summed E-state index contributed by atoms with van der Waals surface area (Å²) in [7, 11) is 0. The molecular weight excluding hydrogens is 577 g/mol. The maximum absolute atomic E-state index is 13.2. The van der Waals surface area contributed by atoms with Crippen LogP contribution in [0.15, 0.2) is 140 Å². The second-order valence-electron chi connectivity index (χ2n) is 11.0. The van der Waals surface area contributed by atoms with Crippen molar-refractivity contribution in [3.05, 3.63) is 178 Å². The quantitative estimate of drug-likeness (QED) is 0.128. The fraction of sp³-hybridized carbons (Fsp3) is 0.0476. The summed E-state index contributed by atoms with van der Waals surface area (Å²) >= 11 is 0. The third kappa shape index (κ3) is 8.23. The average molecular weight is 609 g/mol. The van der Waals surface area contributed by atoms with Crippen LogP contribution in [0.3, 0.4) is 0 Å². The van der Waals surface area contributed by atoms with Gasteiger partial charge in [0.25, 0.3) is 0 Å². The Morgan fingerprint density at radius 3 is 1.38 bits per heavy atom. The maximum Gasteiger partial charge on any atom is 2.00 e. The van der Waals surface area contributed by atoms with Crippen LogP contribution in [0.5, 0.6) is 11.5 Å². The molecule has 0 saturated carbocycles. The Hall–Kier alpha value is -4.34. The molecule has 0 unspecified atom stereocenters. The zero-order chi connectivity index (χ0) is 30.3. The van der Waals surface area contributed by atoms with Gasteiger partial charge in [0.1, 0.15) is 0 Å². The van der Waals surface area contributed by atoms with E-state index in [0.29, 0.717) is 16.7 Å². The Morgan fingerprint density at radius 1 is 0.444 bits per heavy atom. The van der Waals surface area contributed by atoms with Crippen LogP contribution in [0.2, 0.25) is 0 Å². The molecule has 3 heteroatoms. The number of rotatable bonds is 8. The van der Waals surface area contributed by atoms with E-state index in [2.05, 4.69) is 97.1 Å². The molecule has 45 heavy (non-hydrogen) atoms. The van der Waals surface area contributed by atoms with Gasteiger partial charge in [0.2, 0.25) is 0 Å². The Morgan fingerprint density at radius 2 is 0.867 bits per heavy atom. The van der Waals surface area contributed by atoms with Crippen LogP contribution in [0.25, 0.3) is 46.6 Å². The summed E-state index contributed by atoms with van der Waals surface area (Å²) in [5.41, 5.74) is 10.4. The van der Waals surface area contributed by atoms with Crippen molar-refractivity contribution in [1.82, 2.24) is 0 Å². The first-order valence-corrected chi connectivity index (χ1v) is 14.8. The monoisotopic (exact) mass is 608 g/mol. The molecule has 0 aliphatic carbocycles. The molecule has 214 valence electrons. The molecular formula is C42H32CaO2. The van der Waals surface area contributed by atoms with Gasteiger partial charge in [0, 0.05) is 0 Å². The molecule has 0 atom stereocenters. The molecule has 6 rings (SSSR count).